The molecule has 0 aliphatic carbocycles. The van der Waals surface area contributed by atoms with E-state index in [1.807, 2.05) is 42.5 Å². The Kier molecular flexibility index (Phi) is 5.74. The molecule has 3 aromatic rings. The molecule has 1 N–H and O–H groups in total. The van der Waals surface area contributed by atoms with Crippen LogP contribution in [0, 0.1) is 6.92 Å². The lowest BCUT2D eigenvalue weighted by Crippen LogP contribution is -2.42. The van der Waals surface area contributed by atoms with E-state index < -0.39 is 0 Å². The van der Waals surface area contributed by atoms with Crippen LogP contribution < -0.4 is 15.1 Å². The summed E-state index contributed by atoms with van der Waals surface area (Å²) in [6.45, 7) is 8.51. The zero-order valence-electron chi connectivity index (χ0n) is 19.3. The monoisotopic (exact) mass is 427 g/mol. The van der Waals surface area contributed by atoms with E-state index in [-0.39, 0.29) is 18.1 Å². The van der Waals surface area contributed by atoms with Crippen molar-refractivity contribution in [1.82, 2.24) is 5.43 Å². The summed E-state index contributed by atoms with van der Waals surface area (Å²) in [7, 11) is 2.12. The first-order valence-electron chi connectivity index (χ1n) is 10.8. The van der Waals surface area contributed by atoms with E-state index in [0.29, 0.717) is 5.75 Å². The van der Waals surface area contributed by atoms with E-state index >= 15 is 0 Å². The number of ether oxygens (including phenoxy) is 1. The van der Waals surface area contributed by atoms with Crippen LogP contribution >= 0.6 is 0 Å². The van der Waals surface area contributed by atoms with Crippen molar-refractivity contribution in [1.29, 1.82) is 0 Å². The molecule has 0 bridgehead atoms. The fourth-order valence-electron chi connectivity index (χ4n) is 4.13. The van der Waals surface area contributed by atoms with Gasteiger partial charge in [-0.15, -0.1) is 0 Å². The van der Waals surface area contributed by atoms with E-state index in [2.05, 4.69) is 68.4 Å². The van der Waals surface area contributed by atoms with E-state index in [1.54, 1.807) is 6.21 Å². The number of hydrazone groups is 1. The van der Waals surface area contributed by atoms with Crippen LogP contribution in [-0.4, -0.2) is 31.3 Å². The van der Waals surface area contributed by atoms with Crippen molar-refractivity contribution in [2.24, 2.45) is 5.10 Å². The summed E-state index contributed by atoms with van der Waals surface area (Å²) >= 11 is 0. The number of nitrogens with zero attached hydrogens (tertiary/aromatic N) is 2. The number of benzene rings is 3. The number of fused-ring (bicyclic) bond motifs is 2. The van der Waals surface area contributed by atoms with Gasteiger partial charge in [-0.2, -0.15) is 5.10 Å². The van der Waals surface area contributed by atoms with Gasteiger partial charge in [-0.3, -0.25) is 4.79 Å². The Morgan fingerprint density at radius 1 is 1.12 bits per heavy atom. The molecule has 0 unspecified atom stereocenters. The Morgan fingerprint density at radius 3 is 2.69 bits per heavy atom. The summed E-state index contributed by atoms with van der Waals surface area (Å²) in [6, 6.07) is 18.0. The van der Waals surface area contributed by atoms with Gasteiger partial charge in [0.05, 0.1) is 11.8 Å². The maximum Gasteiger partial charge on any atom is 0.277 e. The Morgan fingerprint density at radius 2 is 1.88 bits per heavy atom. The number of rotatable bonds is 5. The molecular weight excluding hydrogens is 398 g/mol. The van der Waals surface area contributed by atoms with Crippen molar-refractivity contribution in [3.63, 3.8) is 0 Å². The highest BCUT2D eigenvalue weighted by Crippen LogP contribution is 2.38. The largest absolute Gasteiger partial charge is 0.483 e. The molecule has 1 aliphatic rings. The van der Waals surface area contributed by atoms with Crippen molar-refractivity contribution in [2.75, 3.05) is 18.6 Å². The molecule has 5 nitrogen and oxygen atoms in total. The quantitative estimate of drug-likeness (QED) is 0.444. The molecule has 32 heavy (non-hydrogen) atoms. The third-order valence-electron chi connectivity index (χ3n) is 6.11. The lowest BCUT2D eigenvalue weighted by Gasteiger charge is -2.41. The molecule has 0 saturated heterocycles. The number of carbonyl (C=O) groups excluding carboxylic acids is 1. The average molecular weight is 428 g/mol. The number of hydrogen-bond acceptors (Lipinski definition) is 4. The van der Waals surface area contributed by atoms with Crippen molar-refractivity contribution in [3.05, 3.63) is 77.4 Å². The molecule has 4 rings (SSSR count). The third kappa shape index (κ3) is 4.24. The van der Waals surface area contributed by atoms with Gasteiger partial charge in [0.1, 0.15) is 5.75 Å². The molecule has 5 heteroatoms. The van der Waals surface area contributed by atoms with Crippen molar-refractivity contribution in [2.45, 2.75) is 33.2 Å². The van der Waals surface area contributed by atoms with Crippen molar-refractivity contribution in [3.8, 4) is 5.75 Å². The number of hydrogen-bond donors (Lipinski definition) is 1. The normalized spacial score (nSPS) is 14.9. The van der Waals surface area contributed by atoms with Crippen LogP contribution in [0.25, 0.3) is 16.3 Å². The fourth-order valence-corrected chi connectivity index (χ4v) is 4.13. The average Bonchev–Trinajstić information content (AvgIpc) is 2.76. The number of likely N-dealkylation sites (N-methyl/N-ethyl adjacent to an activating group) is 1. The zero-order valence-corrected chi connectivity index (χ0v) is 19.3. The second kappa shape index (κ2) is 8.50. The van der Waals surface area contributed by atoms with E-state index in [0.717, 1.165) is 21.9 Å². The highest BCUT2D eigenvalue weighted by molar-refractivity contribution is 5.91. The van der Waals surface area contributed by atoms with Crippen LogP contribution in [-0.2, 0) is 4.79 Å². The summed E-state index contributed by atoms with van der Waals surface area (Å²) in [6.07, 6.45) is 3.97. The molecule has 0 atom stereocenters. The van der Waals surface area contributed by atoms with Crippen LogP contribution in [0.1, 0.15) is 37.5 Å². The van der Waals surface area contributed by atoms with Gasteiger partial charge in [0, 0.05) is 23.7 Å². The smallest absolute Gasteiger partial charge is 0.277 e. The summed E-state index contributed by atoms with van der Waals surface area (Å²) in [5.41, 5.74) is 8.25. The van der Waals surface area contributed by atoms with Crippen molar-refractivity contribution >= 4 is 34.2 Å². The SMILES string of the molecule is CC1=CC(C)(C)N(C)c2cc(C)c(/C=N/NC(=O)COc3cccc4ccccc34)cc21. The molecule has 3 aromatic carbocycles. The number of allylic oxidation sites excluding steroid dienone is 1. The fraction of sp³-hybridized carbons (Fsp3) is 0.259. The first-order valence-corrected chi connectivity index (χ1v) is 10.8. The minimum absolute atomic E-state index is 0.0306. The van der Waals surface area contributed by atoms with Gasteiger partial charge < -0.3 is 9.64 Å². The van der Waals surface area contributed by atoms with Crippen LogP contribution in [0.4, 0.5) is 5.69 Å². The predicted molar refractivity (Wildman–Crippen MR) is 132 cm³/mol. The molecule has 164 valence electrons. The van der Waals surface area contributed by atoms with Crippen molar-refractivity contribution < 1.29 is 9.53 Å². The Labute approximate surface area is 189 Å². The van der Waals surface area contributed by atoms with E-state index in [4.69, 9.17) is 4.74 Å². The lowest BCUT2D eigenvalue weighted by atomic mass is 9.87. The van der Waals surface area contributed by atoms with Gasteiger partial charge in [-0.1, -0.05) is 42.5 Å². The van der Waals surface area contributed by atoms with Gasteiger partial charge in [-0.05, 0) is 68.0 Å². The highest BCUT2D eigenvalue weighted by Gasteiger charge is 2.28. The molecule has 0 aromatic heterocycles. The topological polar surface area (TPSA) is 53.9 Å². The first kappa shape index (κ1) is 21.6. The molecule has 0 spiro atoms. The van der Waals surface area contributed by atoms with E-state index in [1.165, 1.54) is 16.8 Å². The summed E-state index contributed by atoms with van der Waals surface area (Å²) < 4.78 is 5.73. The number of nitrogens with one attached hydrogen (secondary N) is 1. The molecule has 0 saturated carbocycles. The van der Waals surface area contributed by atoms with Crippen LogP contribution in [0.15, 0.2) is 65.8 Å². The second-order valence-electron chi connectivity index (χ2n) is 8.83. The predicted octanol–water partition coefficient (Wildman–Crippen LogP) is 5.31. The van der Waals surface area contributed by atoms with Gasteiger partial charge in [0.2, 0.25) is 0 Å². The summed E-state index contributed by atoms with van der Waals surface area (Å²) in [5, 5.41) is 6.21. The second-order valence-corrected chi connectivity index (χ2v) is 8.83. The highest BCUT2D eigenvalue weighted by atomic mass is 16.5. The Balaban J connectivity index is 1.43. The van der Waals surface area contributed by atoms with Crippen LogP contribution in [0.5, 0.6) is 5.75 Å². The molecule has 1 amide bonds. The Bertz CT molecular complexity index is 1240. The van der Waals surface area contributed by atoms with Gasteiger partial charge in [0.25, 0.3) is 5.91 Å². The van der Waals surface area contributed by atoms with Gasteiger partial charge in [-0.25, -0.2) is 5.43 Å². The minimum atomic E-state index is -0.303. The number of amides is 1. The number of anilines is 1. The minimum Gasteiger partial charge on any atom is -0.483 e. The molecule has 0 fully saturated rings. The zero-order chi connectivity index (χ0) is 22.9. The number of carbonyl (C=O) groups is 1. The lowest BCUT2D eigenvalue weighted by molar-refractivity contribution is -0.123. The summed E-state index contributed by atoms with van der Waals surface area (Å²) in [4.78, 5) is 14.5. The maximum atomic E-state index is 12.3. The van der Waals surface area contributed by atoms with E-state index in [9.17, 15) is 4.79 Å². The van der Waals surface area contributed by atoms with Gasteiger partial charge >= 0.3 is 0 Å². The Hall–Kier alpha value is -3.60. The molecule has 0 radical (unpaired) electrons. The maximum absolute atomic E-state index is 12.3. The van der Waals surface area contributed by atoms with Crippen LogP contribution in [0.3, 0.4) is 0 Å². The van der Waals surface area contributed by atoms with Gasteiger partial charge in [0.15, 0.2) is 6.61 Å². The summed E-state index contributed by atoms with van der Waals surface area (Å²) in [5.74, 6) is 0.379. The molecular formula is C27H29N3O2. The molecule has 1 aliphatic heterocycles. The number of aryl methyl sites for hydroxylation is 1. The molecule has 1 heterocycles. The van der Waals surface area contributed by atoms with Crippen LogP contribution in [0.2, 0.25) is 0 Å². The third-order valence-corrected chi connectivity index (χ3v) is 6.11. The first-order chi connectivity index (χ1) is 15.3. The standard InChI is InChI=1S/C27H29N3O2/c1-18-13-24-23(19(2)15-27(3,4)30(24)5)14-21(18)16-28-29-26(31)17-32-25-12-8-10-20-9-6-7-11-22(20)25/h6-16H,17H2,1-5H3,(H,29,31)/b28-16+.